The Morgan fingerprint density at radius 1 is 0.643 bits per heavy atom. The maximum atomic E-state index is 14.3. The number of esters is 3. The van der Waals surface area contributed by atoms with E-state index in [-0.39, 0.29) is 44.6 Å². The molecule has 322 valence electrons. The zero-order valence-electron chi connectivity index (χ0n) is 30.7. The molecule has 0 aliphatic heterocycles. The third kappa shape index (κ3) is 13.0. The molecule has 0 aromatic heterocycles. The number of nitrogens with one attached hydrogen (secondary N) is 2. The summed E-state index contributed by atoms with van der Waals surface area (Å²) in [5.74, 6) is -44.3. The van der Waals surface area contributed by atoms with E-state index >= 15 is 0 Å². The van der Waals surface area contributed by atoms with E-state index in [1.165, 1.54) is 44.2 Å². The van der Waals surface area contributed by atoms with Gasteiger partial charge in [0.25, 0.3) is 0 Å². The molecule has 0 radical (unpaired) electrons. The Balaban J connectivity index is 2.76. The van der Waals surface area contributed by atoms with Gasteiger partial charge in [0.1, 0.15) is 6.04 Å². The van der Waals surface area contributed by atoms with E-state index in [0.29, 0.717) is 0 Å². The highest BCUT2D eigenvalue weighted by molar-refractivity contribution is 5.80. The zero-order valence-corrected chi connectivity index (χ0v) is 30.7. The third-order valence-corrected chi connectivity index (χ3v) is 8.23. The van der Waals surface area contributed by atoms with Crippen LogP contribution in [0.15, 0.2) is 30.3 Å². The maximum Gasteiger partial charge on any atom is 0.384 e. The van der Waals surface area contributed by atoms with E-state index in [1.807, 2.05) is 5.32 Å². The summed E-state index contributed by atoms with van der Waals surface area (Å²) in [6, 6.07) is 4.78. The van der Waals surface area contributed by atoms with Gasteiger partial charge in [0.2, 0.25) is 0 Å². The molecule has 56 heavy (non-hydrogen) atoms. The number of unbranched alkanes of at least 4 members (excludes halogenated alkanes) is 1. The lowest BCUT2D eigenvalue weighted by Gasteiger charge is -2.41. The number of nitrogens with zero attached hydrogens (tertiary/aromatic N) is 1. The summed E-state index contributed by atoms with van der Waals surface area (Å²) in [4.78, 5) is 49.8. The number of carbonyl (C=O) groups is 4. The first kappa shape index (κ1) is 50.0. The molecule has 1 aromatic rings. The van der Waals surface area contributed by atoms with E-state index in [2.05, 4.69) is 5.32 Å². The predicted octanol–water partition coefficient (Wildman–Crippen LogP) is 7.04. The Labute approximate surface area is 314 Å². The fraction of sp³-hybridized carbons (Fsp3) is 0.706. The van der Waals surface area contributed by atoms with Crippen LogP contribution in [0.5, 0.6) is 0 Å². The Morgan fingerprint density at radius 2 is 1.09 bits per heavy atom. The lowest BCUT2D eigenvalue weighted by Crippen LogP contribution is -2.70. The second-order valence-electron chi connectivity index (χ2n) is 12.4. The van der Waals surface area contributed by atoms with Gasteiger partial charge >= 0.3 is 59.5 Å². The van der Waals surface area contributed by atoms with Gasteiger partial charge in [-0.2, -0.15) is 52.7 Å². The number of benzene rings is 1. The number of rotatable bonds is 26. The van der Waals surface area contributed by atoms with Gasteiger partial charge in [-0.3, -0.25) is 19.3 Å². The Kier molecular flexibility index (Phi) is 19.2. The number of carbonyl (C=O) groups excluding carboxylic acids is 4. The highest BCUT2D eigenvalue weighted by atomic mass is 19.4. The third-order valence-electron chi connectivity index (χ3n) is 8.23. The van der Waals surface area contributed by atoms with Crippen molar-refractivity contribution in [2.24, 2.45) is 0 Å². The van der Waals surface area contributed by atoms with Crippen LogP contribution >= 0.6 is 0 Å². The molecule has 0 saturated carbocycles. The quantitative estimate of drug-likeness (QED) is 0.0442. The molecule has 0 aliphatic rings. The minimum Gasteiger partial charge on any atom is -0.468 e. The molecule has 1 atom stereocenters. The van der Waals surface area contributed by atoms with Crippen LogP contribution in [0.3, 0.4) is 0 Å². The van der Waals surface area contributed by atoms with Crippen molar-refractivity contribution < 1.29 is 86.1 Å². The van der Waals surface area contributed by atoms with E-state index in [9.17, 15) is 71.9 Å². The molecule has 0 fully saturated rings. The Morgan fingerprint density at radius 3 is 1.54 bits per heavy atom. The number of ether oxygens (including phenoxy) is 3. The number of aryl methyl sites for hydroxylation is 1. The van der Waals surface area contributed by atoms with Crippen LogP contribution in [0, 0.1) is 0 Å². The number of amides is 2. The van der Waals surface area contributed by atoms with Crippen LogP contribution in [0.1, 0.15) is 64.4 Å². The molecule has 0 unspecified atom stereocenters. The van der Waals surface area contributed by atoms with Crippen LogP contribution in [-0.2, 0) is 35.0 Å². The van der Waals surface area contributed by atoms with Gasteiger partial charge in [-0.1, -0.05) is 30.3 Å². The van der Waals surface area contributed by atoms with Gasteiger partial charge in [0.15, 0.2) is 0 Å². The number of urea groups is 1. The second-order valence-corrected chi connectivity index (χ2v) is 12.4. The Hall–Kier alpha value is -3.98. The SMILES string of the molecule is CCOC(=O)CN(CC(=O)OCC)[C@@H](CCCCNC(=O)NCCCC(F)(F)C(F)(F)C(F)(F)C(F)(F)C(F)(F)C(F)(F)CCCc1ccccc1)C(=O)OC. The zero-order chi connectivity index (χ0) is 43.0. The summed E-state index contributed by atoms with van der Waals surface area (Å²) in [5.41, 5.74) is 0.273. The van der Waals surface area contributed by atoms with Crippen molar-refractivity contribution in [3.63, 3.8) is 0 Å². The number of hydrogen-bond donors (Lipinski definition) is 2. The van der Waals surface area contributed by atoms with Crippen LogP contribution in [0.4, 0.5) is 57.5 Å². The highest BCUT2D eigenvalue weighted by Gasteiger charge is 2.89. The maximum absolute atomic E-state index is 14.3. The molecule has 2 N–H and O–H groups in total. The van der Waals surface area contributed by atoms with Crippen LogP contribution in [0.25, 0.3) is 0 Å². The van der Waals surface area contributed by atoms with Crippen LogP contribution in [-0.4, -0.2) is 117 Å². The fourth-order valence-corrected chi connectivity index (χ4v) is 5.17. The monoisotopic (exact) mass is 835 g/mol. The van der Waals surface area contributed by atoms with Crippen molar-refractivity contribution in [3.05, 3.63) is 35.9 Å². The van der Waals surface area contributed by atoms with Gasteiger partial charge in [-0.05, 0) is 57.9 Å². The average Bonchev–Trinajstić information content (AvgIpc) is 3.11. The fourth-order valence-electron chi connectivity index (χ4n) is 5.17. The Bertz CT molecular complexity index is 1390. The summed E-state index contributed by atoms with van der Waals surface area (Å²) < 4.78 is 186. The summed E-state index contributed by atoms with van der Waals surface area (Å²) in [6.45, 7) is 0.982. The van der Waals surface area contributed by atoms with Crippen molar-refractivity contribution in [2.45, 2.75) is 107 Å². The smallest absolute Gasteiger partial charge is 0.384 e. The number of hydrogen-bond acceptors (Lipinski definition) is 8. The molecule has 0 heterocycles. The van der Waals surface area contributed by atoms with Crippen LogP contribution in [0.2, 0.25) is 0 Å². The predicted molar refractivity (Wildman–Crippen MR) is 174 cm³/mol. The molecule has 0 aliphatic carbocycles. The molecule has 0 bridgehead atoms. The molecule has 0 saturated heterocycles. The molecule has 0 spiro atoms. The van der Waals surface area contributed by atoms with Crippen molar-refractivity contribution in [3.8, 4) is 0 Å². The largest absolute Gasteiger partial charge is 0.468 e. The second kappa shape index (κ2) is 21.5. The number of methoxy groups -OCH3 is 1. The van der Waals surface area contributed by atoms with E-state index in [1.54, 1.807) is 0 Å². The molecular formula is C34H45F12N3O7. The first-order valence-electron chi connectivity index (χ1n) is 17.3. The van der Waals surface area contributed by atoms with Crippen molar-refractivity contribution in [1.82, 2.24) is 15.5 Å². The van der Waals surface area contributed by atoms with Gasteiger partial charge < -0.3 is 24.8 Å². The minimum atomic E-state index is -7.68. The lowest BCUT2D eigenvalue weighted by atomic mass is 9.88. The molecule has 1 aromatic carbocycles. The topological polar surface area (TPSA) is 123 Å². The van der Waals surface area contributed by atoms with E-state index in [0.717, 1.165) is 12.0 Å². The van der Waals surface area contributed by atoms with Gasteiger partial charge in [0, 0.05) is 25.9 Å². The van der Waals surface area contributed by atoms with Crippen molar-refractivity contribution in [2.75, 3.05) is 46.5 Å². The normalized spacial score (nSPS) is 13.6. The number of halogens is 12. The molecule has 10 nitrogen and oxygen atoms in total. The first-order chi connectivity index (χ1) is 25.9. The summed E-state index contributed by atoms with van der Waals surface area (Å²) >= 11 is 0. The standard InChI is InChI=1S/C34H45F12N3O7/c1-4-55-25(50)21-49(22-26(51)56-5-2)24(27(52)54-3)16-9-10-19-47-28(53)48-20-12-18-30(37,38)32(41,42)34(45,46)33(43,44)31(39,40)29(35,36)17-11-15-23-13-7-6-8-14-23/h6-8,13-14,24H,4-5,9-12,15-22H2,1-3H3,(H2,47,48,53)/t24-/m0/s1. The summed E-state index contributed by atoms with van der Waals surface area (Å²) in [7, 11) is 1.06. The van der Waals surface area contributed by atoms with E-state index in [4.69, 9.17) is 14.2 Å². The highest BCUT2D eigenvalue weighted by Crippen LogP contribution is 2.61. The van der Waals surface area contributed by atoms with Gasteiger partial charge in [-0.15, -0.1) is 0 Å². The first-order valence-corrected chi connectivity index (χ1v) is 17.3. The average molecular weight is 836 g/mol. The van der Waals surface area contributed by atoms with Gasteiger partial charge in [0.05, 0.1) is 33.4 Å². The van der Waals surface area contributed by atoms with Crippen molar-refractivity contribution in [1.29, 1.82) is 0 Å². The minimum absolute atomic E-state index is 0.00813. The van der Waals surface area contributed by atoms with E-state index < -0.39 is 117 Å². The molecule has 22 heteroatoms. The van der Waals surface area contributed by atoms with Crippen molar-refractivity contribution >= 4 is 23.9 Å². The summed E-state index contributed by atoms with van der Waals surface area (Å²) in [5, 5.41) is 4.11. The van der Waals surface area contributed by atoms with Gasteiger partial charge in [-0.25, -0.2) is 4.79 Å². The molecule has 1 rings (SSSR count). The molecular weight excluding hydrogens is 790 g/mol. The van der Waals surface area contributed by atoms with Crippen LogP contribution < -0.4 is 10.6 Å². The number of alkyl halides is 12. The summed E-state index contributed by atoms with van der Waals surface area (Å²) in [6.07, 6.45) is -7.00. The lowest BCUT2D eigenvalue weighted by molar-refractivity contribution is -0.425. The molecule has 2 amide bonds.